The fourth-order valence-electron chi connectivity index (χ4n) is 3.89. The third kappa shape index (κ3) is 4.09. The molecule has 2 aromatic carbocycles. The van der Waals surface area contributed by atoms with Crippen LogP contribution in [0.2, 0.25) is 0 Å². The highest BCUT2D eigenvalue weighted by atomic mass is 19.1. The van der Waals surface area contributed by atoms with Gasteiger partial charge in [0.15, 0.2) is 0 Å². The Bertz CT molecular complexity index is 834. The molecule has 1 saturated heterocycles. The smallest absolute Gasteiger partial charge is 0.127 e. The topological polar surface area (TPSA) is 90.2 Å². The van der Waals surface area contributed by atoms with Gasteiger partial charge in [0.1, 0.15) is 36.3 Å². The Morgan fingerprint density at radius 2 is 1.62 bits per heavy atom. The summed E-state index contributed by atoms with van der Waals surface area (Å²) >= 11 is 0. The van der Waals surface area contributed by atoms with E-state index in [0.717, 1.165) is 12.0 Å². The molecule has 29 heavy (non-hydrogen) atoms. The SMILES string of the molecule is CCc1ccc(C(C)(C)c2cc([C@@H]3O[C@H](CO)[C@@H](O)[C@H](O)[C@H]3O)ccc2F)cc1. The number of hydrogen-bond donors (Lipinski definition) is 4. The van der Waals surface area contributed by atoms with Crippen molar-refractivity contribution < 1.29 is 29.6 Å². The normalized spacial score (nSPS) is 27.8. The summed E-state index contributed by atoms with van der Waals surface area (Å²) in [5, 5.41) is 39.9. The van der Waals surface area contributed by atoms with Crippen molar-refractivity contribution in [3.05, 3.63) is 70.5 Å². The number of aliphatic hydroxyl groups excluding tert-OH is 4. The third-order valence-electron chi connectivity index (χ3n) is 5.97. The molecular formula is C23H29FO5. The van der Waals surface area contributed by atoms with Gasteiger partial charge in [-0.15, -0.1) is 0 Å². The van der Waals surface area contributed by atoms with Gasteiger partial charge in [0.25, 0.3) is 0 Å². The molecule has 5 nitrogen and oxygen atoms in total. The van der Waals surface area contributed by atoms with Gasteiger partial charge in [-0.1, -0.05) is 51.1 Å². The maximum Gasteiger partial charge on any atom is 0.127 e. The predicted octanol–water partition coefficient (Wildman–Crippen LogP) is 2.23. The average Bonchev–Trinajstić information content (AvgIpc) is 2.73. The molecule has 0 bridgehead atoms. The van der Waals surface area contributed by atoms with Crippen molar-refractivity contribution in [1.82, 2.24) is 0 Å². The monoisotopic (exact) mass is 404 g/mol. The minimum Gasteiger partial charge on any atom is -0.394 e. The van der Waals surface area contributed by atoms with Crippen LogP contribution in [0.4, 0.5) is 4.39 Å². The Kier molecular flexibility index (Phi) is 6.41. The van der Waals surface area contributed by atoms with Crippen LogP contribution in [0, 0.1) is 5.82 Å². The molecule has 0 spiro atoms. The molecule has 0 aliphatic carbocycles. The van der Waals surface area contributed by atoms with Crippen LogP contribution in [0.1, 0.15) is 49.1 Å². The van der Waals surface area contributed by atoms with E-state index in [-0.39, 0.29) is 5.82 Å². The molecule has 0 saturated carbocycles. The summed E-state index contributed by atoms with van der Waals surface area (Å²) in [5.41, 5.74) is 2.38. The summed E-state index contributed by atoms with van der Waals surface area (Å²) in [6, 6.07) is 12.4. The lowest BCUT2D eigenvalue weighted by atomic mass is 9.76. The van der Waals surface area contributed by atoms with E-state index >= 15 is 0 Å². The molecule has 1 aliphatic heterocycles. The van der Waals surface area contributed by atoms with Crippen LogP contribution in [-0.4, -0.2) is 51.4 Å². The van der Waals surface area contributed by atoms with Crippen molar-refractivity contribution >= 4 is 0 Å². The van der Waals surface area contributed by atoms with Gasteiger partial charge in [0.2, 0.25) is 0 Å². The van der Waals surface area contributed by atoms with E-state index in [2.05, 4.69) is 6.92 Å². The first-order chi connectivity index (χ1) is 13.7. The van der Waals surface area contributed by atoms with Crippen LogP contribution in [0.3, 0.4) is 0 Å². The Balaban J connectivity index is 1.99. The summed E-state index contributed by atoms with van der Waals surface area (Å²) in [5.74, 6) is -0.386. The zero-order chi connectivity index (χ0) is 21.3. The summed E-state index contributed by atoms with van der Waals surface area (Å²) in [6.45, 7) is 5.40. The molecule has 6 heteroatoms. The number of benzene rings is 2. The lowest BCUT2D eigenvalue weighted by Gasteiger charge is -2.40. The minimum absolute atomic E-state index is 0.386. The lowest BCUT2D eigenvalue weighted by molar-refractivity contribution is -0.231. The highest BCUT2D eigenvalue weighted by Crippen LogP contribution is 2.38. The number of rotatable bonds is 5. The molecular weight excluding hydrogens is 375 g/mol. The quantitative estimate of drug-likeness (QED) is 0.614. The Morgan fingerprint density at radius 3 is 2.21 bits per heavy atom. The zero-order valence-corrected chi connectivity index (χ0v) is 16.9. The van der Waals surface area contributed by atoms with Crippen LogP contribution in [-0.2, 0) is 16.6 Å². The van der Waals surface area contributed by atoms with Crippen molar-refractivity contribution in [3.8, 4) is 0 Å². The van der Waals surface area contributed by atoms with E-state index in [0.29, 0.717) is 11.1 Å². The van der Waals surface area contributed by atoms with E-state index in [4.69, 9.17) is 4.74 Å². The van der Waals surface area contributed by atoms with Crippen LogP contribution < -0.4 is 0 Å². The van der Waals surface area contributed by atoms with Gasteiger partial charge in [0.05, 0.1) is 6.61 Å². The van der Waals surface area contributed by atoms with Crippen LogP contribution in [0.25, 0.3) is 0 Å². The van der Waals surface area contributed by atoms with Crippen molar-refractivity contribution in [3.63, 3.8) is 0 Å². The molecule has 2 aromatic rings. The van der Waals surface area contributed by atoms with Crippen LogP contribution in [0.5, 0.6) is 0 Å². The van der Waals surface area contributed by atoms with Gasteiger partial charge in [-0.25, -0.2) is 4.39 Å². The molecule has 158 valence electrons. The average molecular weight is 404 g/mol. The molecule has 0 unspecified atom stereocenters. The van der Waals surface area contributed by atoms with E-state index in [1.54, 1.807) is 6.07 Å². The van der Waals surface area contributed by atoms with Crippen molar-refractivity contribution in [1.29, 1.82) is 0 Å². The van der Waals surface area contributed by atoms with Crippen molar-refractivity contribution in [2.45, 2.75) is 63.1 Å². The number of halogens is 1. The maximum absolute atomic E-state index is 14.8. The highest BCUT2D eigenvalue weighted by Gasteiger charge is 2.44. The minimum atomic E-state index is -1.48. The molecule has 1 fully saturated rings. The molecule has 4 N–H and O–H groups in total. The standard InChI is InChI=1S/C23H29FO5/c1-4-13-5-8-15(9-6-13)23(2,3)16-11-14(7-10-17(16)24)22-21(28)20(27)19(26)18(12-25)29-22/h5-11,18-22,25-28H,4,12H2,1-3H3/t18-,19-,20+,21-,22+/m1/s1. The molecule has 0 radical (unpaired) electrons. The number of aryl methyl sites for hydroxylation is 1. The van der Waals surface area contributed by atoms with Crippen LogP contribution >= 0.6 is 0 Å². The Labute approximate surface area is 170 Å². The van der Waals surface area contributed by atoms with Gasteiger partial charge in [-0.2, -0.15) is 0 Å². The first-order valence-electron chi connectivity index (χ1n) is 9.90. The van der Waals surface area contributed by atoms with Gasteiger partial charge >= 0.3 is 0 Å². The summed E-state index contributed by atoms with van der Waals surface area (Å²) in [6.07, 6.45) is -5.40. The van der Waals surface area contributed by atoms with Crippen molar-refractivity contribution in [2.75, 3.05) is 6.61 Å². The molecule has 0 aromatic heterocycles. The Morgan fingerprint density at radius 1 is 0.966 bits per heavy atom. The highest BCUT2D eigenvalue weighted by molar-refractivity contribution is 5.42. The van der Waals surface area contributed by atoms with E-state index in [1.807, 2.05) is 38.1 Å². The first-order valence-corrected chi connectivity index (χ1v) is 9.90. The number of hydrogen-bond acceptors (Lipinski definition) is 5. The second kappa shape index (κ2) is 8.50. The predicted molar refractivity (Wildman–Crippen MR) is 107 cm³/mol. The molecule has 3 rings (SSSR count). The largest absolute Gasteiger partial charge is 0.394 e. The van der Waals surface area contributed by atoms with E-state index in [1.165, 1.54) is 17.7 Å². The van der Waals surface area contributed by atoms with Crippen molar-refractivity contribution in [2.24, 2.45) is 0 Å². The van der Waals surface area contributed by atoms with E-state index < -0.39 is 42.5 Å². The first kappa shape index (κ1) is 21.9. The van der Waals surface area contributed by atoms with Gasteiger partial charge in [-0.05, 0) is 40.8 Å². The number of ether oxygens (including phenoxy) is 1. The van der Waals surface area contributed by atoms with E-state index in [9.17, 15) is 24.8 Å². The fourth-order valence-corrected chi connectivity index (χ4v) is 3.89. The summed E-state index contributed by atoms with van der Waals surface area (Å²) < 4.78 is 20.4. The van der Waals surface area contributed by atoms with Gasteiger partial charge in [-0.3, -0.25) is 0 Å². The molecule has 0 amide bonds. The molecule has 1 aliphatic rings. The van der Waals surface area contributed by atoms with Gasteiger partial charge < -0.3 is 25.2 Å². The maximum atomic E-state index is 14.8. The lowest BCUT2D eigenvalue weighted by Crippen LogP contribution is -2.55. The second-order valence-electron chi connectivity index (χ2n) is 8.16. The molecule has 1 heterocycles. The summed E-state index contributed by atoms with van der Waals surface area (Å²) in [7, 11) is 0. The van der Waals surface area contributed by atoms with Gasteiger partial charge in [0, 0.05) is 5.41 Å². The number of aliphatic hydroxyl groups is 4. The zero-order valence-electron chi connectivity index (χ0n) is 16.9. The molecule has 5 atom stereocenters. The fraction of sp³-hybridized carbons (Fsp3) is 0.478. The third-order valence-corrected chi connectivity index (χ3v) is 5.97. The van der Waals surface area contributed by atoms with Crippen LogP contribution in [0.15, 0.2) is 42.5 Å². The second-order valence-corrected chi connectivity index (χ2v) is 8.16. The Hall–Kier alpha value is -1.83. The summed E-state index contributed by atoms with van der Waals surface area (Å²) in [4.78, 5) is 0.